The van der Waals surface area contributed by atoms with Gasteiger partial charge in [0.25, 0.3) is 5.69 Å². The molecular formula is C15H16BrNO5S2. The number of nitro groups is 1. The lowest BCUT2D eigenvalue weighted by Crippen LogP contribution is -3.00. The van der Waals surface area contributed by atoms with Crippen molar-refractivity contribution in [1.29, 1.82) is 0 Å². The van der Waals surface area contributed by atoms with E-state index in [1.54, 1.807) is 12.1 Å². The minimum atomic E-state index is -3.82. The summed E-state index contributed by atoms with van der Waals surface area (Å²) in [6.07, 6.45) is 4.17. The van der Waals surface area contributed by atoms with E-state index in [2.05, 4.69) is 12.5 Å². The van der Waals surface area contributed by atoms with E-state index in [0.717, 1.165) is 4.90 Å². The molecular weight excluding hydrogens is 418 g/mol. The molecule has 0 spiro atoms. The molecule has 2 aromatic rings. The van der Waals surface area contributed by atoms with E-state index in [4.69, 9.17) is 4.18 Å². The Hall–Kier alpha value is -1.58. The minimum absolute atomic E-state index is 0. The highest BCUT2D eigenvalue weighted by Crippen LogP contribution is 2.20. The van der Waals surface area contributed by atoms with Crippen LogP contribution in [0.4, 0.5) is 5.69 Å². The Morgan fingerprint density at radius 3 is 2.04 bits per heavy atom. The Morgan fingerprint density at radius 1 is 1.04 bits per heavy atom. The van der Waals surface area contributed by atoms with Crippen molar-refractivity contribution in [1.82, 2.24) is 0 Å². The Balaban J connectivity index is 0.00000288. The van der Waals surface area contributed by atoms with Gasteiger partial charge >= 0.3 is 10.1 Å². The molecule has 0 heterocycles. The number of nitro benzene ring substituents is 1. The van der Waals surface area contributed by atoms with Crippen molar-refractivity contribution in [2.75, 3.05) is 12.5 Å². The van der Waals surface area contributed by atoms with Gasteiger partial charge in [-0.15, -0.1) is 0 Å². The van der Waals surface area contributed by atoms with E-state index in [0.29, 0.717) is 5.56 Å². The largest absolute Gasteiger partial charge is 1.00 e. The minimum Gasteiger partial charge on any atom is -1.00 e. The Morgan fingerprint density at radius 2 is 1.58 bits per heavy atom. The normalized spacial score (nSPS) is 11.0. The van der Waals surface area contributed by atoms with Crippen LogP contribution >= 0.6 is 0 Å². The zero-order valence-corrected chi connectivity index (χ0v) is 16.2. The second kappa shape index (κ2) is 8.50. The van der Waals surface area contributed by atoms with Crippen LogP contribution in [0, 0.1) is 10.1 Å². The van der Waals surface area contributed by atoms with Crippen molar-refractivity contribution in [3.8, 4) is 5.75 Å². The molecule has 0 aliphatic heterocycles. The number of hydrogen-bond acceptors (Lipinski definition) is 5. The van der Waals surface area contributed by atoms with Gasteiger partial charge in [-0.05, 0) is 29.8 Å². The molecule has 0 N–H and O–H groups in total. The zero-order chi connectivity index (χ0) is 17.0. The first-order valence-electron chi connectivity index (χ1n) is 6.60. The number of halogens is 1. The molecule has 24 heavy (non-hydrogen) atoms. The second-order valence-corrected chi connectivity index (χ2v) is 8.67. The van der Waals surface area contributed by atoms with Crippen LogP contribution in [-0.4, -0.2) is 25.9 Å². The highest BCUT2D eigenvalue weighted by Gasteiger charge is 2.16. The summed E-state index contributed by atoms with van der Waals surface area (Å²) >= 11 is 0. The summed E-state index contributed by atoms with van der Waals surface area (Å²) in [5.41, 5.74) is 0.501. The summed E-state index contributed by atoms with van der Waals surface area (Å²) < 4.78 is 29.1. The molecule has 6 nitrogen and oxygen atoms in total. The first-order chi connectivity index (χ1) is 10.8. The molecule has 0 amide bonds. The predicted octanol–water partition coefficient (Wildman–Crippen LogP) is -0.256. The zero-order valence-electron chi connectivity index (χ0n) is 13.0. The van der Waals surface area contributed by atoms with E-state index in [1.807, 2.05) is 12.1 Å². The highest BCUT2D eigenvalue weighted by molar-refractivity contribution is 7.95. The van der Waals surface area contributed by atoms with Gasteiger partial charge < -0.3 is 21.2 Å². The van der Waals surface area contributed by atoms with Gasteiger partial charge in [-0.2, -0.15) is 8.42 Å². The molecule has 0 radical (unpaired) electrons. The Labute approximate surface area is 154 Å². The number of rotatable bonds is 6. The number of nitrogens with zero attached hydrogens (tertiary/aromatic N) is 1. The summed E-state index contributed by atoms with van der Waals surface area (Å²) in [7, 11) is -3.71. The van der Waals surface area contributed by atoms with Crippen molar-refractivity contribution in [2.45, 2.75) is 10.6 Å². The fraction of sp³-hybridized carbons (Fsp3) is 0.200. The van der Waals surface area contributed by atoms with Crippen molar-refractivity contribution in [3.05, 3.63) is 64.2 Å². The number of hydrogen-bond donors (Lipinski definition) is 0. The average Bonchev–Trinajstić information content (AvgIpc) is 2.47. The lowest BCUT2D eigenvalue weighted by atomic mass is 10.2. The van der Waals surface area contributed by atoms with Crippen LogP contribution in [0.25, 0.3) is 0 Å². The first kappa shape index (κ1) is 20.5. The maximum absolute atomic E-state index is 12.1. The quantitative estimate of drug-likeness (QED) is 0.271. The number of benzene rings is 2. The summed E-state index contributed by atoms with van der Waals surface area (Å²) in [4.78, 5) is 11.2. The topological polar surface area (TPSA) is 86.5 Å². The fourth-order valence-electron chi connectivity index (χ4n) is 1.86. The Kier molecular flexibility index (Phi) is 7.25. The van der Waals surface area contributed by atoms with Crippen LogP contribution in [0.1, 0.15) is 5.56 Å². The van der Waals surface area contributed by atoms with E-state index in [9.17, 15) is 18.5 Å². The molecule has 0 aliphatic rings. The standard InChI is InChI=1S/C15H16NO5S2.BrH/c1-22(2)15-9-3-12(4-10-15)11-23(19,20)21-14-7-5-13(6-8-14)16(17)18;/h3-10H,11H2,1-2H3;1H/q+1;/p-1. The maximum Gasteiger partial charge on any atom is 0.313 e. The van der Waals surface area contributed by atoms with Crippen molar-refractivity contribution < 1.29 is 34.5 Å². The van der Waals surface area contributed by atoms with Gasteiger partial charge in [0, 0.05) is 23.0 Å². The second-order valence-electron chi connectivity index (χ2n) is 5.00. The lowest BCUT2D eigenvalue weighted by Gasteiger charge is -2.07. The fourth-order valence-corrected chi connectivity index (χ4v) is 3.61. The molecule has 0 saturated carbocycles. The molecule has 0 atom stereocenters. The van der Waals surface area contributed by atoms with Crippen molar-refractivity contribution in [2.24, 2.45) is 0 Å². The summed E-state index contributed by atoms with van der Waals surface area (Å²) in [5, 5.41) is 10.6. The number of non-ortho nitro benzene ring substituents is 1. The summed E-state index contributed by atoms with van der Waals surface area (Å²) in [6, 6.07) is 12.3. The van der Waals surface area contributed by atoms with Gasteiger partial charge in [-0.1, -0.05) is 12.1 Å². The van der Waals surface area contributed by atoms with Crippen molar-refractivity contribution >= 4 is 26.7 Å². The highest BCUT2D eigenvalue weighted by atomic mass is 79.9. The van der Waals surface area contributed by atoms with Gasteiger partial charge in [-0.25, -0.2) is 0 Å². The van der Waals surface area contributed by atoms with Crippen LogP contribution in [0.3, 0.4) is 0 Å². The molecule has 0 unspecified atom stereocenters. The van der Waals surface area contributed by atoms with E-state index < -0.39 is 15.0 Å². The van der Waals surface area contributed by atoms with Gasteiger partial charge in [0.05, 0.1) is 4.92 Å². The SMILES string of the molecule is C[S+](C)c1ccc(CS(=O)(=O)Oc2ccc([N+](=O)[O-])cc2)cc1.[Br-]. The third kappa shape index (κ3) is 5.81. The lowest BCUT2D eigenvalue weighted by molar-refractivity contribution is -0.384. The predicted molar refractivity (Wildman–Crippen MR) is 90.3 cm³/mol. The molecule has 0 bridgehead atoms. The molecule has 2 rings (SSSR count). The third-order valence-corrected chi connectivity index (χ3v) is 5.36. The average molecular weight is 434 g/mol. The molecule has 2 aromatic carbocycles. The molecule has 9 heteroatoms. The van der Waals surface area contributed by atoms with E-state index >= 15 is 0 Å². The van der Waals surface area contributed by atoms with Crippen LogP contribution in [0.15, 0.2) is 53.4 Å². The molecule has 0 aromatic heterocycles. The maximum atomic E-state index is 12.1. The third-order valence-electron chi connectivity index (χ3n) is 3.01. The summed E-state index contributed by atoms with van der Waals surface area (Å²) in [5.74, 6) is -0.207. The first-order valence-corrected chi connectivity index (χ1v) is 10.2. The van der Waals surface area contributed by atoms with Gasteiger partial charge in [0.2, 0.25) is 0 Å². The smallest absolute Gasteiger partial charge is 0.313 e. The van der Waals surface area contributed by atoms with Crippen LogP contribution < -0.4 is 21.2 Å². The molecule has 0 fully saturated rings. The molecule has 0 aliphatic carbocycles. The van der Waals surface area contributed by atoms with Crippen LogP contribution in [0.2, 0.25) is 0 Å². The molecule has 130 valence electrons. The van der Waals surface area contributed by atoms with Crippen LogP contribution in [0.5, 0.6) is 5.75 Å². The van der Waals surface area contributed by atoms with Gasteiger partial charge in [0.15, 0.2) is 4.90 Å². The molecule has 0 saturated heterocycles. The van der Waals surface area contributed by atoms with Gasteiger partial charge in [-0.3, -0.25) is 10.1 Å². The van der Waals surface area contributed by atoms with Gasteiger partial charge in [0.1, 0.15) is 24.0 Å². The van der Waals surface area contributed by atoms with E-state index in [1.165, 1.54) is 24.3 Å². The Bertz CT molecular complexity index is 790. The monoisotopic (exact) mass is 433 g/mol. The van der Waals surface area contributed by atoms with Crippen molar-refractivity contribution in [3.63, 3.8) is 0 Å². The van der Waals surface area contributed by atoms with E-state index in [-0.39, 0.29) is 45.1 Å². The summed E-state index contributed by atoms with van der Waals surface area (Å²) in [6.45, 7) is 0. The van der Waals surface area contributed by atoms with Crippen LogP contribution in [-0.2, 0) is 26.8 Å².